The van der Waals surface area contributed by atoms with E-state index in [1.54, 1.807) is 32.4 Å². The topological polar surface area (TPSA) is 44.5 Å². The molecule has 1 aliphatic rings. The molecule has 0 aliphatic heterocycles. The number of benzene rings is 2. The number of rotatable bonds is 4. The summed E-state index contributed by atoms with van der Waals surface area (Å²) >= 11 is 5.94. The van der Waals surface area contributed by atoms with Crippen molar-refractivity contribution in [2.75, 3.05) is 27.1 Å². The number of allylic oxidation sites excluding steroid dienone is 3. The van der Waals surface area contributed by atoms with E-state index in [4.69, 9.17) is 22.1 Å². The predicted octanol–water partition coefficient (Wildman–Crippen LogP) is 6.15. The van der Waals surface area contributed by atoms with Crippen molar-refractivity contribution in [3.05, 3.63) is 75.6 Å². The SMILES string of the molecule is COC.COc1c(F)c(F)cc(/C(=C\C=C2CCC2)c2ccc(Cl)cc2N)c1F. The summed E-state index contributed by atoms with van der Waals surface area (Å²) in [6, 6.07) is 5.56. The molecule has 0 saturated heterocycles. The van der Waals surface area contributed by atoms with Crippen molar-refractivity contribution in [2.45, 2.75) is 19.3 Å². The molecule has 29 heavy (non-hydrogen) atoms. The number of halogens is 4. The summed E-state index contributed by atoms with van der Waals surface area (Å²) in [7, 11) is 4.33. The van der Waals surface area contributed by atoms with Gasteiger partial charge in [-0.3, -0.25) is 0 Å². The number of anilines is 1. The van der Waals surface area contributed by atoms with Gasteiger partial charge in [0.25, 0.3) is 0 Å². The number of nitrogens with two attached hydrogens (primary N) is 1. The van der Waals surface area contributed by atoms with E-state index in [9.17, 15) is 13.2 Å². The highest BCUT2D eigenvalue weighted by Gasteiger charge is 2.23. The molecule has 1 aliphatic carbocycles. The van der Waals surface area contributed by atoms with E-state index in [2.05, 4.69) is 4.74 Å². The van der Waals surface area contributed by atoms with Crippen molar-refractivity contribution >= 4 is 22.9 Å². The molecule has 0 spiro atoms. The molecule has 156 valence electrons. The first-order valence-electron chi connectivity index (χ1n) is 8.91. The minimum atomic E-state index is -1.37. The number of ether oxygens (including phenoxy) is 2. The van der Waals surface area contributed by atoms with Crippen LogP contribution < -0.4 is 10.5 Å². The number of hydrogen-bond donors (Lipinski definition) is 1. The third-order valence-corrected chi connectivity index (χ3v) is 4.63. The largest absolute Gasteiger partial charge is 0.491 e. The van der Waals surface area contributed by atoms with Crippen LogP contribution in [0.2, 0.25) is 5.02 Å². The van der Waals surface area contributed by atoms with Crippen molar-refractivity contribution in [3.8, 4) is 5.75 Å². The van der Waals surface area contributed by atoms with Crippen LogP contribution >= 0.6 is 11.6 Å². The Morgan fingerprint density at radius 1 is 1.03 bits per heavy atom. The molecule has 2 aromatic rings. The molecule has 2 aromatic carbocycles. The molecular weight excluding hydrogens is 403 g/mol. The van der Waals surface area contributed by atoms with E-state index in [0.717, 1.165) is 32.4 Å². The quantitative estimate of drug-likeness (QED) is 0.471. The van der Waals surface area contributed by atoms with Crippen molar-refractivity contribution in [2.24, 2.45) is 0 Å². The molecule has 0 amide bonds. The second-order valence-electron chi connectivity index (χ2n) is 6.47. The van der Waals surface area contributed by atoms with E-state index in [-0.39, 0.29) is 5.56 Å². The molecule has 0 heterocycles. The molecule has 0 bridgehead atoms. The van der Waals surface area contributed by atoms with Gasteiger partial charge < -0.3 is 15.2 Å². The van der Waals surface area contributed by atoms with Gasteiger partial charge in [0.05, 0.1) is 7.11 Å². The number of nitrogen functional groups attached to an aromatic ring is 1. The lowest BCUT2D eigenvalue weighted by Gasteiger charge is -2.17. The van der Waals surface area contributed by atoms with Crippen LogP contribution in [0, 0.1) is 17.5 Å². The lowest BCUT2D eigenvalue weighted by Crippen LogP contribution is -2.04. The third-order valence-electron chi connectivity index (χ3n) is 4.40. The molecule has 2 N–H and O–H groups in total. The zero-order valence-electron chi connectivity index (χ0n) is 16.5. The Bertz CT molecular complexity index is 936. The second-order valence-corrected chi connectivity index (χ2v) is 6.90. The van der Waals surface area contributed by atoms with Crippen LogP contribution in [0.1, 0.15) is 30.4 Å². The van der Waals surface area contributed by atoms with Crippen molar-refractivity contribution in [1.82, 2.24) is 0 Å². The Kier molecular flexibility index (Phi) is 8.17. The highest BCUT2D eigenvalue weighted by atomic mass is 35.5. The Hall–Kier alpha value is -2.44. The molecule has 0 radical (unpaired) electrons. The number of methoxy groups -OCH3 is 2. The fourth-order valence-electron chi connectivity index (χ4n) is 2.81. The third kappa shape index (κ3) is 5.34. The Morgan fingerprint density at radius 2 is 1.69 bits per heavy atom. The van der Waals surface area contributed by atoms with Gasteiger partial charge in [-0.15, -0.1) is 0 Å². The summed E-state index contributed by atoms with van der Waals surface area (Å²) in [4.78, 5) is 0. The van der Waals surface area contributed by atoms with Crippen molar-refractivity contribution < 1.29 is 22.6 Å². The number of hydrogen-bond acceptors (Lipinski definition) is 3. The Balaban J connectivity index is 0.000000941. The zero-order chi connectivity index (χ0) is 21.6. The van der Waals surface area contributed by atoms with Gasteiger partial charge >= 0.3 is 0 Å². The maximum atomic E-state index is 14.8. The van der Waals surface area contributed by atoms with E-state index >= 15 is 0 Å². The molecule has 3 nitrogen and oxygen atoms in total. The van der Waals surface area contributed by atoms with Crippen LogP contribution in [-0.2, 0) is 4.74 Å². The fraction of sp³-hybridized carbons (Fsp3) is 0.273. The van der Waals surface area contributed by atoms with Gasteiger partial charge in [0.15, 0.2) is 17.4 Å². The highest BCUT2D eigenvalue weighted by molar-refractivity contribution is 6.31. The Morgan fingerprint density at radius 3 is 2.21 bits per heavy atom. The fourth-order valence-corrected chi connectivity index (χ4v) is 2.99. The summed E-state index contributed by atoms with van der Waals surface area (Å²) in [5, 5.41) is 0.422. The molecule has 0 atom stereocenters. The van der Waals surface area contributed by atoms with Crippen LogP contribution in [0.4, 0.5) is 18.9 Å². The second kappa shape index (κ2) is 10.4. The van der Waals surface area contributed by atoms with Gasteiger partial charge in [0.2, 0.25) is 5.82 Å². The van der Waals surface area contributed by atoms with Gasteiger partial charge in [-0.05, 0) is 43.0 Å². The van der Waals surface area contributed by atoms with Crippen LogP contribution in [0.25, 0.3) is 5.57 Å². The minimum Gasteiger partial charge on any atom is -0.491 e. The lowest BCUT2D eigenvalue weighted by molar-refractivity contribution is 0.277. The summed E-state index contributed by atoms with van der Waals surface area (Å²) in [6.45, 7) is 0. The smallest absolute Gasteiger partial charge is 0.203 e. The summed E-state index contributed by atoms with van der Waals surface area (Å²) in [5.41, 5.74) is 8.20. The first-order chi connectivity index (χ1) is 13.8. The van der Waals surface area contributed by atoms with Crippen LogP contribution in [0.15, 0.2) is 42.0 Å². The molecule has 1 fully saturated rings. The average Bonchev–Trinajstić information content (AvgIpc) is 2.63. The maximum Gasteiger partial charge on any atom is 0.203 e. The summed E-state index contributed by atoms with van der Waals surface area (Å²) in [6.07, 6.45) is 6.56. The molecule has 3 rings (SSSR count). The van der Waals surface area contributed by atoms with Crippen LogP contribution in [-0.4, -0.2) is 21.3 Å². The average molecular weight is 426 g/mol. The Labute approximate surface area is 173 Å². The predicted molar refractivity (Wildman–Crippen MR) is 111 cm³/mol. The lowest BCUT2D eigenvalue weighted by atomic mass is 9.90. The first kappa shape index (κ1) is 22.8. The zero-order valence-corrected chi connectivity index (χ0v) is 17.2. The van der Waals surface area contributed by atoms with Gasteiger partial charge in [-0.2, -0.15) is 4.39 Å². The van der Waals surface area contributed by atoms with E-state index < -0.39 is 23.2 Å². The monoisotopic (exact) mass is 425 g/mol. The van der Waals surface area contributed by atoms with Gasteiger partial charge in [0.1, 0.15) is 0 Å². The first-order valence-corrected chi connectivity index (χ1v) is 9.28. The summed E-state index contributed by atoms with van der Waals surface area (Å²) < 4.78 is 51.6. The summed E-state index contributed by atoms with van der Waals surface area (Å²) in [5.74, 6) is -4.32. The van der Waals surface area contributed by atoms with E-state index in [1.807, 2.05) is 6.08 Å². The minimum absolute atomic E-state index is 0.133. The van der Waals surface area contributed by atoms with Crippen molar-refractivity contribution in [3.63, 3.8) is 0 Å². The van der Waals surface area contributed by atoms with Crippen molar-refractivity contribution in [1.29, 1.82) is 0 Å². The molecular formula is C22H23ClF3NO2. The van der Waals surface area contributed by atoms with Crippen LogP contribution in [0.3, 0.4) is 0 Å². The van der Waals surface area contributed by atoms with Gasteiger partial charge in [-0.1, -0.05) is 35.4 Å². The standard InChI is InChI=1S/C20H17ClF3NO.C2H6O/c1-26-20-18(23)15(10-16(22)19(20)24)13(7-5-11-3-2-4-11)14-8-6-12(21)9-17(14)25;1-3-2/h5-10H,2-4,25H2,1H3;1-2H3/b13-7-;. The molecule has 0 unspecified atom stereocenters. The molecule has 0 aromatic heterocycles. The van der Waals surface area contributed by atoms with Gasteiger partial charge in [-0.25, -0.2) is 8.78 Å². The maximum absolute atomic E-state index is 14.8. The highest BCUT2D eigenvalue weighted by Crippen LogP contribution is 2.37. The van der Waals surface area contributed by atoms with Gasteiger partial charge in [0, 0.05) is 36.1 Å². The van der Waals surface area contributed by atoms with E-state index in [0.29, 0.717) is 21.8 Å². The van der Waals surface area contributed by atoms with E-state index in [1.165, 1.54) is 11.6 Å². The van der Waals surface area contributed by atoms with Crippen LogP contribution in [0.5, 0.6) is 5.75 Å². The molecule has 1 saturated carbocycles. The molecule has 7 heteroatoms. The normalized spacial score (nSPS) is 13.3.